The van der Waals surface area contributed by atoms with Crippen molar-refractivity contribution in [3.63, 3.8) is 0 Å². The van der Waals surface area contributed by atoms with Gasteiger partial charge in [-0.15, -0.1) is 0 Å². The first-order chi connectivity index (χ1) is 20.8. The van der Waals surface area contributed by atoms with Crippen molar-refractivity contribution >= 4 is 5.91 Å². The van der Waals surface area contributed by atoms with Crippen molar-refractivity contribution in [1.29, 1.82) is 0 Å². The predicted octanol–water partition coefficient (Wildman–Crippen LogP) is 4.37. The Kier molecular flexibility index (Phi) is 23.2. The van der Waals surface area contributed by atoms with E-state index in [0.29, 0.717) is 6.42 Å². The molecule has 9 heteroatoms. The molecule has 1 saturated heterocycles. The Morgan fingerprint density at radius 1 is 0.791 bits per heavy atom. The summed E-state index contributed by atoms with van der Waals surface area (Å²) in [6.07, 6.45) is 21.7. The number of nitrogens with one attached hydrogen (secondary N) is 1. The number of unbranched alkanes of at least 4 members (excludes halogenated alkanes) is 8. The Morgan fingerprint density at radius 3 is 2.05 bits per heavy atom. The van der Waals surface area contributed by atoms with Gasteiger partial charge in [-0.3, -0.25) is 4.79 Å². The number of aliphatic hydroxyl groups is 5. The molecule has 0 spiro atoms. The van der Waals surface area contributed by atoms with Crippen molar-refractivity contribution in [1.82, 2.24) is 5.32 Å². The molecule has 1 rings (SSSR count). The molecular weight excluding hydrogens is 550 g/mol. The number of hydrogen-bond donors (Lipinski definition) is 6. The van der Waals surface area contributed by atoms with Gasteiger partial charge in [0.05, 0.1) is 25.4 Å². The van der Waals surface area contributed by atoms with Crippen LogP contribution in [0.25, 0.3) is 0 Å². The van der Waals surface area contributed by atoms with E-state index in [0.717, 1.165) is 70.6 Å². The number of aliphatic hydroxyl groups excluding tert-OH is 5. The van der Waals surface area contributed by atoms with Gasteiger partial charge in [0.1, 0.15) is 24.4 Å². The summed E-state index contributed by atoms with van der Waals surface area (Å²) in [6, 6.07) is -0.828. The molecule has 0 bridgehead atoms. The number of rotatable bonds is 24. The van der Waals surface area contributed by atoms with Gasteiger partial charge in [0.15, 0.2) is 6.29 Å². The van der Waals surface area contributed by atoms with Crippen LogP contribution in [-0.2, 0) is 14.3 Å². The van der Waals surface area contributed by atoms with E-state index in [1.54, 1.807) is 6.08 Å². The van der Waals surface area contributed by atoms with Crippen LogP contribution in [0.15, 0.2) is 48.6 Å². The van der Waals surface area contributed by atoms with Gasteiger partial charge >= 0.3 is 0 Å². The lowest BCUT2D eigenvalue weighted by atomic mass is 9.99. The largest absolute Gasteiger partial charge is 0.394 e. The Morgan fingerprint density at radius 2 is 1.40 bits per heavy atom. The van der Waals surface area contributed by atoms with Crippen molar-refractivity contribution in [3.8, 4) is 0 Å². The molecule has 43 heavy (non-hydrogen) atoms. The van der Waals surface area contributed by atoms with Crippen LogP contribution in [-0.4, -0.2) is 87.5 Å². The van der Waals surface area contributed by atoms with E-state index in [2.05, 4.69) is 55.6 Å². The molecule has 0 aromatic rings. The normalized spacial score (nSPS) is 24.5. The first kappa shape index (κ1) is 39.2. The number of amides is 1. The Hall–Kier alpha value is -1.85. The van der Waals surface area contributed by atoms with Crippen LogP contribution in [0.5, 0.6) is 0 Å². The zero-order chi connectivity index (χ0) is 31.7. The fourth-order valence-corrected chi connectivity index (χ4v) is 4.64. The van der Waals surface area contributed by atoms with Crippen molar-refractivity contribution < 1.29 is 39.8 Å². The molecule has 7 atom stereocenters. The number of carbonyl (C=O) groups excluding carboxylic acids is 1. The highest BCUT2D eigenvalue weighted by Crippen LogP contribution is 2.22. The molecule has 0 saturated carbocycles. The second-order valence-corrected chi connectivity index (χ2v) is 11.2. The molecule has 0 aromatic heterocycles. The summed E-state index contributed by atoms with van der Waals surface area (Å²) in [5, 5.41) is 53.5. The minimum absolute atomic E-state index is 0.213. The van der Waals surface area contributed by atoms with E-state index >= 15 is 0 Å². The van der Waals surface area contributed by atoms with Gasteiger partial charge in [-0.25, -0.2) is 0 Å². The fourth-order valence-electron chi connectivity index (χ4n) is 4.64. The first-order valence-corrected chi connectivity index (χ1v) is 16.4. The first-order valence-electron chi connectivity index (χ1n) is 16.4. The van der Waals surface area contributed by atoms with Gasteiger partial charge in [0.25, 0.3) is 0 Å². The van der Waals surface area contributed by atoms with E-state index < -0.39 is 49.5 Å². The number of ether oxygens (including phenoxy) is 2. The summed E-state index contributed by atoms with van der Waals surface area (Å²) in [7, 11) is 0. The minimum Gasteiger partial charge on any atom is -0.394 e. The van der Waals surface area contributed by atoms with Crippen molar-refractivity contribution in [2.45, 2.75) is 147 Å². The minimum atomic E-state index is -1.57. The van der Waals surface area contributed by atoms with Gasteiger partial charge in [0, 0.05) is 6.42 Å². The molecule has 7 unspecified atom stereocenters. The van der Waals surface area contributed by atoms with Crippen LogP contribution < -0.4 is 5.32 Å². The fraction of sp³-hybridized carbons (Fsp3) is 0.735. The third-order valence-corrected chi connectivity index (χ3v) is 7.37. The SMILES string of the molecule is CC/C=C/CC/C=C/CC/C=C/C(O)C(COC1OC(CO)C(O)C(O)C1O)NC(=O)CCCCCC/C=C\CCCC. The van der Waals surface area contributed by atoms with Gasteiger partial charge in [-0.1, -0.05) is 88.1 Å². The standard InChI is InChI=1S/C34H59NO8/c1-3-5-7-9-11-13-15-17-19-21-23-28(37)27(26-42-34-33(41)32(40)31(39)29(25-36)43-34)35-30(38)24-22-20-18-16-14-12-10-8-6-4-2/h5,7,10,12-13,15,21,23,27-29,31-34,36-37,39-41H,3-4,6,8-9,11,14,16-20,22,24-26H2,1-2H3,(H,35,38)/b7-5+,12-10-,15-13+,23-21+. The van der Waals surface area contributed by atoms with Crippen molar-refractivity contribution in [2.75, 3.05) is 13.2 Å². The molecular formula is C34H59NO8. The maximum absolute atomic E-state index is 12.7. The molecule has 9 nitrogen and oxygen atoms in total. The lowest BCUT2D eigenvalue weighted by Gasteiger charge is -2.40. The van der Waals surface area contributed by atoms with Crippen LogP contribution in [0.4, 0.5) is 0 Å². The Balaban J connectivity index is 2.60. The molecule has 0 radical (unpaired) electrons. The Labute approximate surface area is 259 Å². The maximum Gasteiger partial charge on any atom is 0.220 e. The molecule has 1 aliphatic rings. The van der Waals surface area contributed by atoms with E-state index in [4.69, 9.17) is 9.47 Å². The third kappa shape index (κ3) is 17.9. The molecule has 1 aliphatic heterocycles. The van der Waals surface area contributed by atoms with Gasteiger partial charge in [0.2, 0.25) is 5.91 Å². The van der Waals surface area contributed by atoms with E-state index in [-0.39, 0.29) is 12.5 Å². The molecule has 1 heterocycles. The van der Waals surface area contributed by atoms with E-state index in [1.165, 1.54) is 12.8 Å². The van der Waals surface area contributed by atoms with Crippen molar-refractivity contribution in [2.24, 2.45) is 0 Å². The smallest absolute Gasteiger partial charge is 0.220 e. The zero-order valence-corrected chi connectivity index (χ0v) is 26.4. The summed E-state index contributed by atoms with van der Waals surface area (Å²) in [5.74, 6) is -0.214. The molecule has 0 aliphatic carbocycles. The summed E-state index contributed by atoms with van der Waals surface area (Å²) in [5.41, 5.74) is 0. The lowest BCUT2D eigenvalue weighted by Crippen LogP contribution is -2.60. The molecule has 0 aromatic carbocycles. The number of carbonyl (C=O) groups is 1. The highest BCUT2D eigenvalue weighted by atomic mass is 16.7. The highest BCUT2D eigenvalue weighted by molar-refractivity contribution is 5.76. The maximum atomic E-state index is 12.7. The lowest BCUT2D eigenvalue weighted by molar-refractivity contribution is -0.302. The van der Waals surface area contributed by atoms with E-state index in [9.17, 15) is 30.3 Å². The summed E-state index contributed by atoms with van der Waals surface area (Å²) in [6.45, 7) is 3.51. The van der Waals surface area contributed by atoms with Crippen LogP contribution in [0.1, 0.15) is 104 Å². The second-order valence-electron chi connectivity index (χ2n) is 11.2. The van der Waals surface area contributed by atoms with Crippen LogP contribution in [0.3, 0.4) is 0 Å². The average Bonchev–Trinajstić information content (AvgIpc) is 3.00. The van der Waals surface area contributed by atoms with E-state index in [1.807, 2.05) is 6.08 Å². The number of allylic oxidation sites excluding steroid dienone is 7. The zero-order valence-electron chi connectivity index (χ0n) is 26.4. The van der Waals surface area contributed by atoms with Gasteiger partial charge < -0.3 is 40.3 Å². The van der Waals surface area contributed by atoms with Gasteiger partial charge in [-0.2, -0.15) is 0 Å². The van der Waals surface area contributed by atoms with Crippen LogP contribution in [0.2, 0.25) is 0 Å². The number of hydrogen-bond acceptors (Lipinski definition) is 8. The quantitative estimate of drug-likeness (QED) is 0.0698. The molecule has 248 valence electrons. The third-order valence-electron chi connectivity index (χ3n) is 7.37. The summed E-state index contributed by atoms with van der Waals surface area (Å²) >= 11 is 0. The second kappa shape index (κ2) is 25.5. The summed E-state index contributed by atoms with van der Waals surface area (Å²) < 4.78 is 11.1. The molecule has 6 N–H and O–H groups in total. The average molecular weight is 610 g/mol. The van der Waals surface area contributed by atoms with Crippen molar-refractivity contribution in [3.05, 3.63) is 48.6 Å². The highest BCUT2D eigenvalue weighted by Gasteiger charge is 2.44. The van der Waals surface area contributed by atoms with Crippen LogP contribution >= 0.6 is 0 Å². The summed E-state index contributed by atoms with van der Waals surface area (Å²) in [4.78, 5) is 12.7. The topological polar surface area (TPSA) is 149 Å². The Bertz CT molecular complexity index is 812. The van der Waals surface area contributed by atoms with Gasteiger partial charge in [-0.05, 0) is 57.8 Å². The predicted molar refractivity (Wildman–Crippen MR) is 170 cm³/mol. The molecule has 1 fully saturated rings. The molecule has 1 amide bonds. The van der Waals surface area contributed by atoms with Crippen LogP contribution in [0, 0.1) is 0 Å². The monoisotopic (exact) mass is 609 g/mol.